The Labute approximate surface area is 121 Å². The summed E-state index contributed by atoms with van der Waals surface area (Å²) in [5, 5.41) is 5.89. The van der Waals surface area contributed by atoms with Crippen molar-refractivity contribution in [3.05, 3.63) is 52.3 Å². The molecule has 0 bridgehead atoms. The van der Waals surface area contributed by atoms with Gasteiger partial charge in [0.1, 0.15) is 0 Å². The van der Waals surface area contributed by atoms with Gasteiger partial charge in [-0.1, -0.05) is 30.3 Å². The smallest absolute Gasteiger partial charge is 0.195 e. The maximum Gasteiger partial charge on any atom is 0.195 e. The van der Waals surface area contributed by atoms with Crippen LogP contribution in [-0.4, -0.2) is 15.7 Å². The van der Waals surface area contributed by atoms with E-state index in [1.807, 2.05) is 11.4 Å². The Morgan fingerprint density at radius 3 is 2.89 bits per heavy atom. The van der Waals surface area contributed by atoms with Crippen LogP contribution in [0.25, 0.3) is 0 Å². The van der Waals surface area contributed by atoms with Crippen molar-refractivity contribution in [1.29, 1.82) is 0 Å². The molecule has 1 saturated carbocycles. The van der Waals surface area contributed by atoms with Gasteiger partial charge in [0.15, 0.2) is 9.91 Å². The van der Waals surface area contributed by atoms with E-state index >= 15 is 0 Å². The van der Waals surface area contributed by atoms with Crippen molar-refractivity contribution in [2.45, 2.75) is 25.4 Å². The number of aromatic nitrogens is 1. The lowest BCUT2D eigenvalue weighted by atomic mass is 10.2. The van der Waals surface area contributed by atoms with E-state index in [1.54, 1.807) is 11.3 Å². The molecular formula is C14H15N3S2. The molecule has 0 aliphatic heterocycles. The van der Waals surface area contributed by atoms with Gasteiger partial charge in [-0.05, 0) is 30.6 Å². The number of hydrogen-bond acceptors (Lipinski definition) is 2. The maximum absolute atomic E-state index is 5.26. The molecule has 1 aromatic heterocycles. The lowest BCUT2D eigenvalue weighted by Gasteiger charge is -2.04. The molecule has 0 spiro atoms. The Kier molecular flexibility index (Phi) is 3.75. The van der Waals surface area contributed by atoms with Crippen molar-refractivity contribution in [2.24, 2.45) is 4.99 Å². The van der Waals surface area contributed by atoms with E-state index in [2.05, 4.69) is 45.3 Å². The van der Waals surface area contributed by atoms with Gasteiger partial charge >= 0.3 is 0 Å². The largest absolute Gasteiger partial charge is 0.358 e. The molecule has 1 N–H and O–H groups in total. The highest BCUT2D eigenvalue weighted by Gasteiger charge is 2.21. The molecule has 3 nitrogen and oxygen atoms in total. The molecule has 0 amide bonds. The van der Waals surface area contributed by atoms with Crippen LogP contribution in [0.4, 0.5) is 0 Å². The second-order valence-corrected chi connectivity index (χ2v) is 5.89. The van der Waals surface area contributed by atoms with Crippen molar-refractivity contribution < 1.29 is 0 Å². The SMILES string of the molecule is S=C(/N=c1\sccn1Cc1ccccc1)NC1CC1. The Hall–Kier alpha value is -1.46. The van der Waals surface area contributed by atoms with Gasteiger partial charge in [-0.2, -0.15) is 4.99 Å². The second-order valence-electron chi connectivity index (χ2n) is 4.63. The van der Waals surface area contributed by atoms with Gasteiger partial charge in [0, 0.05) is 24.2 Å². The van der Waals surface area contributed by atoms with Crippen molar-refractivity contribution >= 4 is 28.7 Å². The summed E-state index contributed by atoms with van der Waals surface area (Å²) in [4.78, 5) is 5.44. The average Bonchev–Trinajstić information content (AvgIpc) is 3.12. The molecular weight excluding hydrogens is 274 g/mol. The zero-order chi connectivity index (χ0) is 13.1. The number of hydrogen-bond donors (Lipinski definition) is 1. The first-order valence-corrected chi connectivity index (χ1v) is 7.63. The molecule has 3 rings (SSSR count). The molecule has 1 aliphatic rings. The highest BCUT2D eigenvalue weighted by molar-refractivity contribution is 7.80. The van der Waals surface area contributed by atoms with E-state index in [4.69, 9.17) is 12.2 Å². The fraction of sp³-hybridized carbons (Fsp3) is 0.286. The molecule has 98 valence electrons. The van der Waals surface area contributed by atoms with Crippen LogP contribution in [0, 0.1) is 0 Å². The minimum absolute atomic E-state index is 0.554. The number of benzene rings is 1. The Morgan fingerprint density at radius 2 is 2.16 bits per heavy atom. The quantitative estimate of drug-likeness (QED) is 0.880. The van der Waals surface area contributed by atoms with Gasteiger partial charge in [-0.15, -0.1) is 11.3 Å². The van der Waals surface area contributed by atoms with Crippen LogP contribution in [0.15, 0.2) is 46.9 Å². The fourth-order valence-electron chi connectivity index (χ4n) is 1.81. The molecule has 0 saturated heterocycles. The van der Waals surface area contributed by atoms with Crippen molar-refractivity contribution in [1.82, 2.24) is 9.88 Å². The normalized spacial score (nSPS) is 15.5. The van der Waals surface area contributed by atoms with Gasteiger partial charge in [0.2, 0.25) is 0 Å². The maximum atomic E-state index is 5.26. The monoisotopic (exact) mass is 289 g/mol. The molecule has 5 heteroatoms. The van der Waals surface area contributed by atoms with Crippen LogP contribution in [0.3, 0.4) is 0 Å². The van der Waals surface area contributed by atoms with Crippen molar-refractivity contribution in [2.75, 3.05) is 0 Å². The third kappa shape index (κ3) is 3.52. The van der Waals surface area contributed by atoms with Gasteiger partial charge in [-0.3, -0.25) is 0 Å². The zero-order valence-corrected chi connectivity index (χ0v) is 12.1. The average molecular weight is 289 g/mol. The summed E-state index contributed by atoms with van der Waals surface area (Å²) in [7, 11) is 0. The molecule has 1 aliphatic carbocycles. The fourth-order valence-corrected chi connectivity index (χ4v) is 2.85. The van der Waals surface area contributed by atoms with Gasteiger partial charge in [0.05, 0.1) is 0 Å². The summed E-state index contributed by atoms with van der Waals surface area (Å²) in [5.41, 5.74) is 1.27. The van der Waals surface area contributed by atoms with Gasteiger partial charge in [-0.25, -0.2) is 0 Å². The molecule has 0 unspecified atom stereocenters. The van der Waals surface area contributed by atoms with Crippen LogP contribution >= 0.6 is 23.6 Å². The van der Waals surface area contributed by atoms with Crippen LogP contribution < -0.4 is 10.1 Å². The van der Waals surface area contributed by atoms with Crippen LogP contribution in [0.5, 0.6) is 0 Å². The summed E-state index contributed by atoms with van der Waals surface area (Å²) in [6.07, 6.45) is 4.48. The summed E-state index contributed by atoms with van der Waals surface area (Å²) in [5.74, 6) is 0. The lowest BCUT2D eigenvalue weighted by Crippen LogP contribution is -2.25. The first kappa shape index (κ1) is 12.6. The minimum Gasteiger partial charge on any atom is -0.358 e. The summed E-state index contributed by atoms with van der Waals surface area (Å²) < 4.78 is 2.13. The third-order valence-electron chi connectivity index (χ3n) is 2.96. The standard InChI is InChI=1S/C14H15N3S2/c18-13(15-12-6-7-12)16-14-17(8-9-19-14)10-11-4-2-1-3-5-11/h1-5,8-9,12H,6-7,10H2,(H,15,18)/b16-14-. The van der Waals surface area contributed by atoms with Crippen LogP contribution in [0.2, 0.25) is 0 Å². The first-order chi connectivity index (χ1) is 9.31. The van der Waals surface area contributed by atoms with E-state index in [9.17, 15) is 0 Å². The molecule has 0 atom stereocenters. The van der Waals surface area contributed by atoms with E-state index in [0.717, 1.165) is 11.3 Å². The van der Waals surface area contributed by atoms with Gasteiger partial charge in [0.25, 0.3) is 0 Å². The summed E-state index contributed by atoms with van der Waals surface area (Å²) in [6, 6.07) is 10.9. The molecule has 0 radical (unpaired) electrons. The molecule has 2 aromatic rings. The number of nitrogens with one attached hydrogen (secondary N) is 1. The number of rotatable bonds is 3. The topological polar surface area (TPSA) is 29.3 Å². The van der Waals surface area contributed by atoms with E-state index < -0.39 is 0 Å². The molecule has 19 heavy (non-hydrogen) atoms. The zero-order valence-electron chi connectivity index (χ0n) is 10.5. The molecule has 1 aromatic carbocycles. The minimum atomic E-state index is 0.554. The second kappa shape index (κ2) is 5.67. The first-order valence-electron chi connectivity index (χ1n) is 6.34. The lowest BCUT2D eigenvalue weighted by molar-refractivity contribution is 0.769. The van der Waals surface area contributed by atoms with Crippen molar-refractivity contribution in [3.63, 3.8) is 0 Å². The van der Waals surface area contributed by atoms with E-state index in [-0.39, 0.29) is 0 Å². The Balaban J connectivity index is 1.77. The number of thiazole rings is 1. The predicted octanol–water partition coefficient (Wildman–Crippen LogP) is 2.54. The number of nitrogens with zero attached hydrogens (tertiary/aromatic N) is 2. The van der Waals surface area contributed by atoms with Crippen LogP contribution in [-0.2, 0) is 6.54 Å². The third-order valence-corrected chi connectivity index (χ3v) is 3.96. The number of thiocarbonyl (C=S) groups is 1. The van der Waals surface area contributed by atoms with Gasteiger partial charge < -0.3 is 9.88 Å². The Morgan fingerprint density at radius 1 is 1.37 bits per heavy atom. The summed E-state index contributed by atoms with van der Waals surface area (Å²) in [6.45, 7) is 0.829. The summed E-state index contributed by atoms with van der Waals surface area (Å²) >= 11 is 6.87. The highest BCUT2D eigenvalue weighted by Crippen LogP contribution is 2.18. The Bertz CT molecular complexity index is 623. The van der Waals surface area contributed by atoms with Crippen LogP contribution in [0.1, 0.15) is 18.4 Å². The highest BCUT2D eigenvalue weighted by atomic mass is 32.1. The molecule has 1 heterocycles. The predicted molar refractivity (Wildman–Crippen MR) is 82.2 cm³/mol. The van der Waals surface area contributed by atoms with E-state index in [1.165, 1.54) is 18.4 Å². The molecule has 1 fully saturated rings. The van der Waals surface area contributed by atoms with Crippen molar-refractivity contribution in [3.8, 4) is 0 Å². The van der Waals surface area contributed by atoms with E-state index in [0.29, 0.717) is 11.2 Å².